The van der Waals surface area contributed by atoms with Gasteiger partial charge >= 0.3 is 0 Å². The van der Waals surface area contributed by atoms with Crippen molar-refractivity contribution >= 4 is 0 Å². The lowest BCUT2D eigenvalue weighted by Crippen LogP contribution is -2.70. The maximum Gasteiger partial charge on any atom is 0.187 e. The molecular weight excluding hydrogens is 728 g/mol. The summed E-state index contributed by atoms with van der Waals surface area (Å²) in [5, 5.41) is 110. The molecule has 0 aromatic heterocycles. The smallest absolute Gasteiger partial charge is 0.187 e. The van der Waals surface area contributed by atoms with E-state index in [-0.39, 0.29) is 36.4 Å². The van der Waals surface area contributed by atoms with Gasteiger partial charge in [-0.1, -0.05) is 53.2 Å². The molecule has 3 unspecified atom stereocenters. The Hall–Kier alpha value is -0.820. The molecule has 14 nitrogen and oxygen atoms in total. The number of allylic oxidation sites excluding steroid dienone is 1. The van der Waals surface area contributed by atoms with Gasteiger partial charge in [0.1, 0.15) is 42.7 Å². The average Bonchev–Trinajstić information content (AvgIpc) is 3.14. The van der Waals surface area contributed by atoms with Crippen LogP contribution in [0.1, 0.15) is 99.8 Å². The van der Waals surface area contributed by atoms with Crippen LogP contribution in [0.2, 0.25) is 0 Å². The van der Waals surface area contributed by atoms with Crippen molar-refractivity contribution in [2.24, 2.45) is 50.2 Å². The summed E-state index contributed by atoms with van der Waals surface area (Å²) in [6, 6.07) is 0. The van der Waals surface area contributed by atoms with E-state index in [0.29, 0.717) is 19.3 Å². The lowest BCUT2D eigenvalue weighted by Gasteiger charge is -2.72. The van der Waals surface area contributed by atoms with Crippen LogP contribution >= 0.6 is 0 Å². The number of ether oxygens (including phenoxy) is 4. The fourth-order valence-electron chi connectivity index (χ4n) is 13.8. The van der Waals surface area contributed by atoms with Crippen LogP contribution in [0.4, 0.5) is 0 Å². The van der Waals surface area contributed by atoms with Gasteiger partial charge in [-0.05, 0) is 91.8 Å². The molecule has 5 aliphatic carbocycles. The number of hydrogen-bond donors (Lipinski definition) is 10. The van der Waals surface area contributed by atoms with Crippen molar-refractivity contribution in [1.29, 1.82) is 0 Å². The van der Waals surface area contributed by atoms with E-state index in [9.17, 15) is 51.1 Å². The number of fused-ring (bicyclic) bond motifs is 7. The fourth-order valence-corrected chi connectivity index (χ4v) is 13.8. The van der Waals surface area contributed by atoms with E-state index in [2.05, 4.69) is 40.7 Å². The topological polar surface area (TPSA) is 239 Å². The van der Waals surface area contributed by atoms with Crippen molar-refractivity contribution in [3.8, 4) is 0 Å². The molecule has 2 saturated heterocycles. The third-order valence-electron chi connectivity index (χ3n) is 17.4. The van der Waals surface area contributed by atoms with Gasteiger partial charge in [-0.25, -0.2) is 0 Å². The van der Waals surface area contributed by atoms with E-state index in [1.54, 1.807) is 6.92 Å². The largest absolute Gasteiger partial charge is 0.396 e. The van der Waals surface area contributed by atoms with E-state index >= 15 is 0 Å². The molecule has 10 N–H and O–H groups in total. The monoisotopic (exact) mass is 798 g/mol. The second kappa shape index (κ2) is 14.7. The van der Waals surface area contributed by atoms with Gasteiger partial charge in [0.25, 0.3) is 0 Å². The number of aliphatic hydroxyl groups excluding tert-OH is 10. The molecule has 4 saturated carbocycles. The Morgan fingerprint density at radius 3 is 2.04 bits per heavy atom. The van der Waals surface area contributed by atoms with Crippen LogP contribution in [0.15, 0.2) is 11.6 Å². The van der Waals surface area contributed by atoms with E-state index in [1.807, 2.05) is 6.92 Å². The Balaban J connectivity index is 1.15. The Morgan fingerprint density at radius 1 is 0.714 bits per heavy atom. The number of rotatable bonds is 7. The predicted octanol–water partition coefficient (Wildman–Crippen LogP) is 0.731. The first kappa shape index (κ1) is 43.3. The zero-order valence-corrected chi connectivity index (χ0v) is 34.2. The Bertz CT molecular complexity index is 1480. The van der Waals surface area contributed by atoms with Gasteiger partial charge in [0.05, 0.1) is 44.2 Å². The molecule has 56 heavy (non-hydrogen) atoms. The first-order valence-electron chi connectivity index (χ1n) is 21.0. The summed E-state index contributed by atoms with van der Waals surface area (Å²) in [6.45, 7) is 13.9. The van der Waals surface area contributed by atoms with Gasteiger partial charge in [0.2, 0.25) is 0 Å². The van der Waals surface area contributed by atoms with Crippen LogP contribution in [-0.2, 0) is 18.9 Å². The second-order valence-electron chi connectivity index (χ2n) is 20.8. The highest BCUT2D eigenvalue weighted by Gasteiger charge is 2.72. The Kier molecular flexibility index (Phi) is 11.3. The van der Waals surface area contributed by atoms with Crippen molar-refractivity contribution in [2.45, 2.75) is 180 Å². The summed E-state index contributed by atoms with van der Waals surface area (Å²) >= 11 is 0. The highest BCUT2D eigenvalue weighted by atomic mass is 16.7. The van der Waals surface area contributed by atoms with Gasteiger partial charge in [-0.3, -0.25) is 0 Å². The van der Waals surface area contributed by atoms with Gasteiger partial charge < -0.3 is 70.0 Å². The zero-order valence-electron chi connectivity index (χ0n) is 34.2. The van der Waals surface area contributed by atoms with E-state index in [4.69, 9.17) is 18.9 Å². The Labute approximate surface area is 330 Å². The summed E-state index contributed by atoms with van der Waals surface area (Å²) in [5.41, 5.74) is -1.56. The molecule has 14 heteroatoms. The number of aliphatic hydroxyl groups is 10. The molecule has 7 aliphatic rings. The minimum Gasteiger partial charge on any atom is -0.396 e. The average molecular weight is 799 g/mol. The molecular formula is C42H70O14. The molecule has 21 atom stereocenters. The number of hydrogen-bond acceptors (Lipinski definition) is 14. The van der Waals surface area contributed by atoms with E-state index in [1.165, 1.54) is 5.57 Å². The quantitative estimate of drug-likeness (QED) is 0.126. The lowest BCUT2D eigenvalue weighted by molar-refractivity contribution is -0.368. The van der Waals surface area contributed by atoms with E-state index in [0.717, 1.165) is 32.1 Å². The lowest BCUT2D eigenvalue weighted by atomic mass is 9.33. The van der Waals surface area contributed by atoms with Crippen LogP contribution in [-0.4, -0.2) is 151 Å². The molecule has 2 heterocycles. The molecule has 322 valence electrons. The maximum absolute atomic E-state index is 12.4. The third kappa shape index (κ3) is 6.17. The van der Waals surface area contributed by atoms with Crippen molar-refractivity contribution in [3.63, 3.8) is 0 Å². The summed E-state index contributed by atoms with van der Waals surface area (Å²) in [5.74, 6) is -0.373. The molecule has 0 bridgehead atoms. The van der Waals surface area contributed by atoms with Crippen molar-refractivity contribution < 1.29 is 70.0 Å². The molecule has 0 spiro atoms. The van der Waals surface area contributed by atoms with Gasteiger partial charge in [-0.2, -0.15) is 0 Å². The second-order valence-corrected chi connectivity index (χ2v) is 20.8. The normalized spacial score (nSPS) is 56.9. The molecule has 0 aromatic rings. The van der Waals surface area contributed by atoms with Crippen molar-refractivity contribution in [3.05, 3.63) is 11.6 Å². The van der Waals surface area contributed by atoms with Gasteiger partial charge in [0, 0.05) is 16.7 Å². The summed E-state index contributed by atoms with van der Waals surface area (Å²) in [7, 11) is 0. The van der Waals surface area contributed by atoms with Crippen LogP contribution < -0.4 is 0 Å². The summed E-state index contributed by atoms with van der Waals surface area (Å²) < 4.78 is 24.0. The molecule has 0 amide bonds. The maximum atomic E-state index is 12.4. The van der Waals surface area contributed by atoms with Crippen LogP contribution in [0.5, 0.6) is 0 Å². The molecule has 7 rings (SSSR count). The van der Waals surface area contributed by atoms with E-state index < -0.39 is 113 Å². The Morgan fingerprint density at radius 2 is 1.39 bits per heavy atom. The van der Waals surface area contributed by atoms with Crippen LogP contribution in [0.3, 0.4) is 0 Å². The predicted molar refractivity (Wildman–Crippen MR) is 200 cm³/mol. The SMILES string of the molecule is C[C@H]1O[C@@H](O[C@H]2CC[C@@]3(C)C(CC[C@]4(C)C3[C@H](O)C=C3C5CC(C)(C)CC[C@]5(CO)[C@@H](O)C[C@]34C)[C@]2(C)CO)[C@H](O)[C@@H](O[C@@H]2O[C@H](CO)[C@@H](O)[C@H](O)[C@H]2O)[C@H]1O. The molecule has 0 aromatic carbocycles. The standard InChI is InChI=1S/C42H70O14/c1-20-28(48)33(56-35-31(51)30(50)29(49)24(17-43)54-35)32(52)36(53-20)55-27-9-10-38(4)25(39(27,5)18-44)8-11-40(6)34(38)23(46)14-21-22-15-37(2,3)12-13-42(22,19-45)26(47)16-41(21,40)7/h14,20,22-36,43-52H,8-13,15-19H2,1-7H3/t20-,22?,23-,24-,25?,26+,27+,28+,29-,30+,31-,32-,33+,34?,35+,36+,38+,39+,40-,41-,42-/m1/s1. The van der Waals surface area contributed by atoms with Gasteiger partial charge in [-0.15, -0.1) is 0 Å². The summed E-state index contributed by atoms with van der Waals surface area (Å²) in [4.78, 5) is 0. The fraction of sp³-hybridized carbons (Fsp3) is 0.952. The minimum atomic E-state index is -1.75. The first-order valence-corrected chi connectivity index (χ1v) is 21.0. The minimum absolute atomic E-state index is 0.0351. The van der Waals surface area contributed by atoms with Crippen LogP contribution in [0.25, 0.3) is 0 Å². The summed E-state index contributed by atoms with van der Waals surface area (Å²) in [6.07, 6.45) is -9.02. The molecule has 6 fully saturated rings. The molecule has 0 radical (unpaired) electrons. The van der Waals surface area contributed by atoms with Crippen LogP contribution in [0, 0.1) is 50.2 Å². The van der Waals surface area contributed by atoms with Crippen molar-refractivity contribution in [2.75, 3.05) is 19.8 Å². The van der Waals surface area contributed by atoms with Gasteiger partial charge in [0.15, 0.2) is 12.6 Å². The zero-order chi connectivity index (χ0) is 41.1. The third-order valence-corrected chi connectivity index (χ3v) is 17.4. The highest BCUT2D eigenvalue weighted by molar-refractivity contribution is 5.37. The first-order chi connectivity index (χ1) is 26.1. The van der Waals surface area contributed by atoms with Crippen molar-refractivity contribution in [1.82, 2.24) is 0 Å². The highest BCUT2D eigenvalue weighted by Crippen LogP contribution is 2.76. The molecule has 2 aliphatic heterocycles.